The maximum Gasteiger partial charge on any atom is 0.290 e. The van der Waals surface area contributed by atoms with Gasteiger partial charge in [0.15, 0.2) is 5.82 Å². The summed E-state index contributed by atoms with van der Waals surface area (Å²) in [5.41, 5.74) is 1.04. The van der Waals surface area contributed by atoms with Crippen LogP contribution in [0.15, 0.2) is 47.2 Å². The molecule has 0 unspecified atom stereocenters. The van der Waals surface area contributed by atoms with Gasteiger partial charge in [-0.3, -0.25) is 4.79 Å². The van der Waals surface area contributed by atoms with E-state index in [2.05, 4.69) is 25.9 Å². The Labute approximate surface area is 101 Å². The third-order valence-electron chi connectivity index (χ3n) is 1.65. The zero-order valence-corrected chi connectivity index (χ0v) is 9.83. The maximum absolute atomic E-state index is 8.36. The van der Waals surface area contributed by atoms with Crippen molar-refractivity contribution in [1.29, 1.82) is 0 Å². The summed E-state index contributed by atoms with van der Waals surface area (Å²) in [5, 5.41) is 6.89. The van der Waals surface area contributed by atoms with E-state index >= 15 is 0 Å². The first kappa shape index (κ1) is 12.3. The molecule has 4 nitrogen and oxygen atoms in total. The standard InChI is InChI=1S/C10H7BrN2.CH2O2/c11-9-6-12-10(13-7-9)8-4-2-1-3-5-8;2-1-3/h1-7H;1H,(H,2,3). The van der Waals surface area contributed by atoms with Gasteiger partial charge < -0.3 is 5.11 Å². The Balaban J connectivity index is 0.000000386. The highest BCUT2D eigenvalue weighted by atomic mass is 79.9. The molecule has 0 aliphatic carbocycles. The fourth-order valence-electron chi connectivity index (χ4n) is 1.05. The second kappa shape index (κ2) is 6.68. The normalized spacial score (nSPS) is 8.81. The molecule has 1 heterocycles. The number of nitrogens with zero attached hydrogens (tertiary/aromatic N) is 2. The average Bonchev–Trinajstić information content (AvgIpc) is 2.32. The minimum atomic E-state index is -0.250. The minimum absolute atomic E-state index is 0.250. The molecular formula is C11H9BrN2O2. The molecule has 16 heavy (non-hydrogen) atoms. The van der Waals surface area contributed by atoms with Crippen molar-refractivity contribution in [2.75, 3.05) is 0 Å². The van der Waals surface area contributed by atoms with Crippen molar-refractivity contribution in [2.45, 2.75) is 0 Å². The number of carbonyl (C=O) groups is 1. The monoisotopic (exact) mass is 280 g/mol. The van der Waals surface area contributed by atoms with E-state index < -0.39 is 0 Å². The molecule has 0 fully saturated rings. The molecule has 0 amide bonds. The fourth-order valence-corrected chi connectivity index (χ4v) is 1.25. The fraction of sp³-hybridized carbons (Fsp3) is 0. The zero-order valence-electron chi connectivity index (χ0n) is 8.25. The Hall–Kier alpha value is -1.75. The maximum atomic E-state index is 8.36. The molecular weight excluding hydrogens is 272 g/mol. The van der Waals surface area contributed by atoms with Crippen LogP contribution in [0, 0.1) is 0 Å². The van der Waals surface area contributed by atoms with Crippen LogP contribution in [0.4, 0.5) is 0 Å². The number of carboxylic acid groups (broad SMARTS) is 1. The van der Waals surface area contributed by atoms with Gasteiger partial charge in [-0.15, -0.1) is 0 Å². The summed E-state index contributed by atoms with van der Waals surface area (Å²) in [4.78, 5) is 16.7. The highest BCUT2D eigenvalue weighted by molar-refractivity contribution is 9.10. The lowest BCUT2D eigenvalue weighted by atomic mass is 10.2. The second-order valence-electron chi connectivity index (χ2n) is 2.70. The quantitative estimate of drug-likeness (QED) is 0.816. The number of rotatable bonds is 1. The van der Waals surface area contributed by atoms with E-state index in [-0.39, 0.29) is 6.47 Å². The molecule has 82 valence electrons. The van der Waals surface area contributed by atoms with Gasteiger partial charge in [0.25, 0.3) is 6.47 Å². The Morgan fingerprint density at radius 3 is 2.12 bits per heavy atom. The van der Waals surface area contributed by atoms with Gasteiger partial charge in [0.05, 0.1) is 4.47 Å². The van der Waals surface area contributed by atoms with Crippen LogP contribution in [0.3, 0.4) is 0 Å². The van der Waals surface area contributed by atoms with E-state index in [1.165, 1.54) is 0 Å². The first-order valence-electron chi connectivity index (χ1n) is 4.38. The van der Waals surface area contributed by atoms with Gasteiger partial charge in [-0.1, -0.05) is 30.3 Å². The summed E-state index contributed by atoms with van der Waals surface area (Å²) < 4.78 is 0.896. The van der Waals surface area contributed by atoms with Crippen molar-refractivity contribution in [3.8, 4) is 11.4 Å². The Kier molecular flexibility index (Phi) is 5.15. The third-order valence-corrected chi connectivity index (χ3v) is 2.06. The summed E-state index contributed by atoms with van der Waals surface area (Å²) in [6, 6.07) is 9.90. The van der Waals surface area contributed by atoms with Gasteiger partial charge in [-0.25, -0.2) is 9.97 Å². The molecule has 0 radical (unpaired) electrons. The average molecular weight is 281 g/mol. The molecule has 0 bridgehead atoms. The van der Waals surface area contributed by atoms with Gasteiger partial charge in [0.1, 0.15) is 0 Å². The van der Waals surface area contributed by atoms with Crippen LogP contribution < -0.4 is 0 Å². The predicted molar refractivity (Wildman–Crippen MR) is 63.9 cm³/mol. The number of hydrogen-bond donors (Lipinski definition) is 1. The SMILES string of the molecule is Brc1cnc(-c2ccccc2)nc1.O=CO. The van der Waals surface area contributed by atoms with Crippen LogP contribution in [0.5, 0.6) is 0 Å². The van der Waals surface area contributed by atoms with Crippen molar-refractivity contribution in [2.24, 2.45) is 0 Å². The lowest BCUT2D eigenvalue weighted by molar-refractivity contribution is -0.122. The minimum Gasteiger partial charge on any atom is -0.483 e. The van der Waals surface area contributed by atoms with Crippen LogP contribution in [-0.2, 0) is 4.79 Å². The van der Waals surface area contributed by atoms with Gasteiger partial charge in [-0.05, 0) is 15.9 Å². The molecule has 0 saturated carbocycles. The summed E-state index contributed by atoms with van der Waals surface area (Å²) in [7, 11) is 0. The Bertz CT molecular complexity index is 431. The first-order chi connectivity index (χ1) is 7.77. The second-order valence-corrected chi connectivity index (χ2v) is 3.61. The van der Waals surface area contributed by atoms with E-state index in [1.54, 1.807) is 12.4 Å². The molecule has 0 saturated heterocycles. The van der Waals surface area contributed by atoms with E-state index in [9.17, 15) is 0 Å². The molecule has 1 N–H and O–H groups in total. The molecule has 2 aromatic rings. The van der Waals surface area contributed by atoms with Crippen LogP contribution in [0.25, 0.3) is 11.4 Å². The van der Waals surface area contributed by atoms with Crippen molar-refractivity contribution in [1.82, 2.24) is 9.97 Å². The van der Waals surface area contributed by atoms with E-state index in [0.29, 0.717) is 0 Å². The molecule has 0 spiro atoms. The van der Waals surface area contributed by atoms with Gasteiger partial charge in [0.2, 0.25) is 0 Å². The van der Waals surface area contributed by atoms with Gasteiger partial charge >= 0.3 is 0 Å². The molecule has 0 aliphatic heterocycles. The van der Waals surface area contributed by atoms with E-state index in [1.807, 2.05) is 30.3 Å². The van der Waals surface area contributed by atoms with Crippen molar-refractivity contribution in [3.05, 3.63) is 47.2 Å². The molecule has 0 aliphatic rings. The third kappa shape index (κ3) is 3.78. The largest absolute Gasteiger partial charge is 0.483 e. The lowest BCUT2D eigenvalue weighted by Gasteiger charge is -1.97. The van der Waals surface area contributed by atoms with Crippen molar-refractivity contribution in [3.63, 3.8) is 0 Å². The summed E-state index contributed by atoms with van der Waals surface area (Å²) >= 11 is 3.29. The van der Waals surface area contributed by atoms with Crippen molar-refractivity contribution >= 4 is 22.4 Å². The van der Waals surface area contributed by atoms with Crippen LogP contribution in [-0.4, -0.2) is 21.5 Å². The van der Waals surface area contributed by atoms with Gasteiger partial charge in [0, 0.05) is 18.0 Å². The number of aromatic nitrogens is 2. The molecule has 2 rings (SSSR count). The van der Waals surface area contributed by atoms with Crippen LogP contribution in [0.2, 0.25) is 0 Å². The summed E-state index contributed by atoms with van der Waals surface area (Å²) in [5.74, 6) is 0.754. The summed E-state index contributed by atoms with van der Waals surface area (Å²) in [6.45, 7) is -0.250. The Morgan fingerprint density at radius 2 is 1.62 bits per heavy atom. The highest BCUT2D eigenvalue weighted by Crippen LogP contribution is 2.14. The highest BCUT2D eigenvalue weighted by Gasteiger charge is 1.97. The van der Waals surface area contributed by atoms with Crippen LogP contribution >= 0.6 is 15.9 Å². The first-order valence-corrected chi connectivity index (χ1v) is 5.18. The molecule has 5 heteroatoms. The molecule has 0 atom stereocenters. The van der Waals surface area contributed by atoms with Crippen LogP contribution in [0.1, 0.15) is 0 Å². The topological polar surface area (TPSA) is 63.1 Å². The Morgan fingerprint density at radius 1 is 1.12 bits per heavy atom. The lowest BCUT2D eigenvalue weighted by Crippen LogP contribution is -1.86. The summed E-state index contributed by atoms with van der Waals surface area (Å²) in [6.07, 6.45) is 3.49. The number of halogens is 1. The predicted octanol–water partition coefficient (Wildman–Crippen LogP) is 2.61. The number of benzene rings is 1. The molecule has 1 aromatic heterocycles. The smallest absolute Gasteiger partial charge is 0.290 e. The zero-order chi connectivity index (χ0) is 11.8. The molecule has 1 aromatic carbocycles. The van der Waals surface area contributed by atoms with Crippen molar-refractivity contribution < 1.29 is 9.90 Å². The van der Waals surface area contributed by atoms with Gasteiger partial charge in [-0.2, -0.15) is 0 Å². The van der Waals surface area contributed by atoms with E-state index in [0.717, 1.165) is 15.9 Å². The van der Waals surface area contributed by atoms with E-state index in [4.69, 9.17) is 9.90 Å². The number of hydrogen-bond acceptors (Lipinski definition) is 3.